The highest BCUT2D eigenvalue weighted by Crippen LogP contribution is 2.35. The van der Waals surface area contributed by atoms with Crippen LogP contribution in [0.15, 0.2) is 71.8 Å². The molecule has 1 aromatic heterocycles. The van der Waals surface area contributed by atoms with Gasteiger partial charge in [0, 0.05) is 27.8 Å². The van der Waals surface area contributed by atoms with E-state index in [0.717, 1.165) is 15.6 Å². The molecule has 3 aromatic carbocycles. The van der Waals surface area contributed by atoms with Gasteiger partial charge in [0.15, 0.2) is 0 Å². The third-order valence-corrected chi connectivity index (χ3v) is 6.54. The highest BCUT2D eigenvalue weighted by atomic mass is 35.5. The zero-order chi connectivity index (χ0) is 24.1. The lowest BCUT2D eigenvalue weighted by Crippen LogP contribution is -2.16. The Morgan fingerprint density at radius 3 is 2.65 bits per heavy atom. The molecular weight excluding hydrogens is 478 g/mol. The largest absolute Gasteiger partial charge is 0.496 e. The van der Waals surface area contributed by atoms with Gasteiger partial charge in [-0.05, 0) is 42.0 Å². The number of nitrogens with zero attached hydrogens (tertiary/aromatic N) is 2. The fourth-order valence-electron chi connectivity index (χ4n) is 3.19. The molecule has 4 aromatic rings. The van der Waals surface area contributed by atoms with Crippen molar-refractivity contribution in [2.45, 2.75) is 6.61 Å². The van der Waals surface area contributed by atoms with Crippen LogP contribution in [0.3, 0.4) is 0 Å². The molecule has 0 unspecified atom stereocenters. The molecule has 0 radical (unpaired) electrons. The molecule has 10 heteroatoms. The molecule has 1 N–H and O–H groups in total. The van der Waals surface area contributed by atoms with E-state index >= 15 is 0 Å². The molecule has 172 valence electrons. The maximum absolute atomic E-state index is 12.5. The summed E-state index contributed by atoms with van der Waals surface area (Å²) in [5, 5.41) is 16.1. The number of carbonyl (C=O) groups excluding carboxylic acids is 1. The summed E-state index contributed by atoms with van der Waals surface area (Å²) < 4.78 is 12.0. The summed E-state index contributed by atoms with van der Waals surface area (Å²) in [7, 11) is 1.55. The number of amides is 1. The lowest BCUT2D eigenvalue weighted by molar-refractivity contribution is -0.384. The van der Waals surface area contributed by atoms with Crippen molar-refractivity contribution in [2.75, 3.05) is 7.11 Å². The number of halogens is 1. The number of thiophene rings is 1. The maximum Gasteiger partial charge on any atom is 0.283 e. The van der Waals surface area contributed by atoms with Gasteiger partial charge in [0.1, 0.15) is 23.0 Å². The minimum atomic E-state index is -0.469. The van der Waals surface area contributed by atoms with Crippen molar-refractivity contribution in [3.05, 3.63) is 97.9 Å². The van der Waals surface area contributed by atoms with Gasteiger partial charge in [-0.15, -0.1) is 11.3 Å². The number of ether oxygens (including phenoxy) is 2. The Bertz CT molecular complexity index is 1390. The quantitative estimate of drug-likeness (QED) is 0.188. The van der Waals surface area contributed by atoms with Gasteiger partial charge < -0.3 is 9.47 Å². The van der Waals surface area contributed by atoms with E-state index in [1.54, 1.807) is 19.2 Å². The normalized spacial score (nSPS) is 11.0. The SMILES string of the molecule is COc1ccc(/C=N/NC(=O)c2sc3ccccc3c2Cl)cc1COc1ccc([N+](=O)[O-])cc1. The summed E-state index contributed by atoms with van der Waals surface area (Å²) in [6, 6.07) is 18.7. The molecule has 1 amide bonds. The monoisotopic (exact) mass is 495 g/mol. The van der Waals surface area contributed by atoms with Gasteiger partial charge >= 0.3 is 0 Å². The van der Waals surface area contributed by atoms with Crippen LogP contribution in [-0.2, 0) is 6.61 Å². The Balaban J connectivity index is 1.43. The van der Waals surface area contributed by atoms with E-state index in [4.69, 9.17) is 21.1 Å². The molecule has 0 saturated heterocycles. The molecule has 0 aliphatic heterocycles. The molecule has 0 saturated carbocycles. The van der Waals surface area contributed by atoms with Crippen molar-refractivity contribution >= 4 is 50.8 Å². The molecule has 0 fully saturated rings. The number of benzene rings is 3. The number of hydrazone groups is 1. The Morgan fingerprint density at radius 1 is 1.18 bits per heavy atom. The number of hydrogen-bond donors (Lipinski definition) is 1. The molecule has 4 rings (SSSR count). The maximum atomic E-state index is 12.5. The molecule has 1 heterocycles. The van der Waals surface area contributed by atoms with Crippen LogP contribution in [0.2, 0.25) is 5.02 Å². The first-order chi connectivity index (χ1) is 16.5. The van der Waals surface area contributed by atoms with Crippen LogP contribution in [0.1, 0.15) is 20.8 Å². The lowest BCUT2D eigenvalue weighted by Gasteiger charge is -2.11. The summed E-state index contributed by atoms with van der Waals surface area (Å²) in [5.41, 5.74) is 3.95. The number of nitrogens with one attached hydrogen (secondary N) is 1. The number of non-ortho nitro benzene ring substituents is 1. The summed E-state index contributed by atoms with van der Waals surface area (Å²) in [5.74, 6) is 0.706. The predicted molar refractivity (Wildman–Crippen MR) is 132 cm³/mol. The first-order valence-electron chi connectivity index (χ1n) is 10.0. The first-order valence-corrected chi connectivity index (χ1v) is 11.2. The number of fused-ring (bicyclic) bond motifs is 1. The molecule has 0 spiro atoms. The van der Waals surface area contributed by atoms with Gasteiger partial charge in [-0.25, -0.2) is 5.43 Å². The zero-order valence-corrected chi connectivity index (χ0v) is 19.4. The van der Waals surface area contributed by atoms with Crippen LogP contribution in [0.25, 0.3) is 10.1 Å². The zero-order valence-electron chi connectivity index (χ0n) is 17.9. The lowest BCUT2D eigenvalue weighted by atomic mass is 10.1. The van der Waals surface area contributed by atoms with Crippen molar-refractivity contribution in [3.63, 3.8) is 0 Å². The fourth-order valence-corrected chi connectivity index (χ4v) is 4.60. The van der Waals surface area contributed by atoms with Crippen LogP contribution >= 0.6 is 22.9 Å². The van der Waals surface area contributed by atoms with Crippen molar-refractivity contribution in [3.8, 4) is 11.5 Å². The number of rotatable bonds is 8. The van der Waals surface area contributed by atoms with Crippen LogP contribution < -0.4 is 14.9 Å². The molecule has 0 bridgehead atoms. The molecule has 0 aliphatic rings. The third kappa shape index (κ3) is 5.16. The number of methoxy groups -OCH3 is 1. The molecule has 8 nitrogen and oxygen atoms in total. The summed E-state index contributed by atoms with van der Waals surface area (Å²) in [4.78, 5) is 23.2. The highest BCUT2D eigenvalue weighted by molar-refractivity contribution is 7.21. The predicted octanol–water partition coefficient (Wildman–Crippen LogP) is 5.81. The second-order valence-corrected chi connectivity index (χ2v) is 8.48. The molecule has 34 heavy (non-hydrogen) atoms. The molecular formula is C24H18ClN3O5S. The highest BCUT2D eigenvalue weighted by Gasteiger charge is 2.16. The average Bonchev–Trinajstić information content (AvgIpc) is 3.19. The minimum Gasteiger partial charge on any atom is -0.496 e. The second-order valence-electron chi connectivity index (χ2n) is 7.05. The number of nitro benzene ring substituents is 1. The van der Waals surface area contributed by atoms with Gasteiger partial charge in [-0.3, -0.25) is 14.9 Å². The van der Waals surface area contributed by atoms with Crippen LogP contribution in [0, 0.1) is 10.1 Å². The Morgan fingerprint density at radius 2 is 1.94 bits per heavy atom. The van der Waals surface area contributed by atoms with Crippen LogP contribution in [0.4, 0.5) is 5.69 Å². The van der Waals surface area contributed by atoms with Crippen molar-refractivity contribution < 1.29 is 19.2 Å². The van der Waals surface area contributed by atoms with Crippen molar-refractivity contribution in [2.24, 2.45) is 5.10 Å². The van der Waals surface area contributed by atoms with Crippen LogP contribution in [-0.4, -0.2) is 24.2 Å². The topological polar surface area (TPSA) is 103 Å². The Labute approximate surface area is 203 Å². The smallest absolute Gasteiger partial charge is 0.283 e. The summed E-state index contributed by atoms with van der Waals surface area (Å²) in [6.45, 7) is 0.173. The Hall–Kier alpha value is -3.95. The molecule has 0 aliphatic carbocycles. The number of nitro groups is 1. The van der Waals surface area contributed by atoms with E-state index in [1.165, 1.54) is 41.8 Å². The van der Waals surface area contributed by atoms with E-state index < -0.39 is 10.8 Å². The minimum absolute atomic E-state index is 0.0119. The van der Waals surface area contributed by atoms with Crippen molar-refractivity contribution in [1.82, 2.24) is 5.43 Å². The van der Waals surface area contributed by atoms with Crippen molar-refractivity contribution in [1.29, 1.82) is 0 Å². The van der Waals surface area contributed by atoms with E-state index in [1.807, 2.05) is 30.3 Å². The summed E-state index contributed by atoms with van der Waals surface area (Å²) in [6.07, 6.45) is 1.51. The van der Waals surface area contributed by atoms with E-state index in [9.17, 15) is 14.9 Å². The Kier molecular flexibility index (Phi) is 7.05. The number of carbonyl (C=O) groups is 1. The van der Waals surface area contributed by atoms with Gasteiger partial charge in [-0.1, -0.05) is 29.8 Å². The van der Waals surface area contributed by atoms with Gasteiger partial charge in [0.05, 0.1) is 23.3 Å². The van der Waals surface area contributed by atoms with Gasteiger partial charge in [0.2, 0.25) is 0 Å². The van der Waals surface area contributed by atoms with Crippen LogP contribution in [0.5, 0.6) is 11.5 Å². The van der Waals surface area contributed by atoms with Gasteiger partial charge in [-0.2, -0.15) is 5.10 Å². The number of hydrogen-bond acceptors (Lipinski definition) is 7. The summed E-state index contributed by atoms with van der Waals surface area (Å²) >= 11 is 7.65. The fraction of sp³-hybridized carbons (Fsp3) is 0.0833. The standard InChI is InChI=1S/C24H18ClN3O5S/c1-32-20-11-6-15(12-16(20)14-33-18-9-7-17(8-10-18)28(30)31)13-26-27-24(29)23-22(25)19-4-2-3-5-21(19)34-23/h2-13H,14H2,1H3,(H,27,29)/b26-13+. The van der Waals surface area contributed by atoms with E-state index in [0.29, 0.717) is 27.0 Å². The second kappa shape index (κ2) is 10.3. The van der Waals surface area contributed by atoms with E-state index in [2.05, 4.69) is 10.5 Å². The average molecular weight is 496 g/mol. The third-order valence-electron chi connectivity index (χ3n) is 4.87. The molecule has 0 atom stereocenters. The van der Waals surface area contributed by atoms with E-state index in [-0.39, 0.29) is 12.3 Å². The first kappa shape index (κ1) is 23.2. The van der Waals surface area contributed by atoms with Gasteiger partial charge in [0.25, 0.3) is 11.6 Å².